The van der Waals surface area contributed by atoms with Crippen molar-refractivity contribution in [3.05, 3.63) is 58.1 Å². The van der Waals surface area contributed by atoms with E-state index in [1.807, 2.05) is 24.3 Å². The van der Waals surface area contributed by atoms with Gasteiger partial charge in [-0.2, -0.15) is 0 Å². The van der Waals surface area contributed by atoms with Gasteiger partial charge >= 0.3 is 0 Å². The van der Waals surface area contributed by atoms with Gasteiger partial charge in [-0.3, -0.25) is 4.79 Å². The Kier molecular flexibility index (Phi) is 5.35. The Bertz CT molecular complexity index is 631. The number of halogens is 2. The lowest BCUT2D eigenvalue weighted by Crippen LogP contribution is -2.12. The highest BCUT2D eigenvalue weighted by Crippen LogP contribution is 2.27. The molecule has 5 heteroatoms. The Morgan fingerprint density at radius 1 is 1.15 bits per heavy atom. The molecule has 0 bridgehead atoms. The molecule has 0 atom stereocenters. The lowest BCUT2D eigenvalue weighted by molar-refractivity contribution is 0.102. The van der Waals surface area contributed by atoms with E-state index in [-0.39, 0.29) is 5.91 Å². The Hall–Kier alpha value is -1.16. The molecule has 0 unspecified atom stereocenters. The van der Waals surface area contributed by atoms with Crippen molar-refractivity contribution in [1.29, 1.82) is 0 Å². The van der Waals surface area contributed by atoms with E-state index in [0.717, 1.165) is 10.6 Å². The summed E-state index contributed by atoms with van der Waals surface area (Å²) in [5.41, 5.74) is 1.28. The van der Waals surface area contributed by atoms with Crippen LogP contribution >= 0.6 is 35.0 Å². The number of hydrogen-bond acceptors (Lipinski definition) is 2. The predicted molar refractivity (Wildman–Crippen MR) is 87.3 cm³/mol. The topological polar surface area (TPSA) is 29.1 Å². The second-order valence-electron chi connectivity index (χ2n) is 4.01. The van der Waals surface area contributed by atoms with E-state index in [1.54, 1.807) is 30.0 Å². The SMILES string of the molecule is CCSc1ccccc1C(=O)Nc1ccc(Cl)c(Cl)c1. The highest BCUT2D eigenvalue weighted by molar-refractivity contribution is 7.99. The Morgan fingerprint density at radius 3 is 2.60 bits per heavy atom. The minimum atomic E-state index is -0.153. The molecular formula is C15H13Cl2NOS. The molecule has 0 aliphatic heterocycles. The molecule has 2 nitrogen and oxygen atoms in total. The number of rotatable bonds is 4. The molecule has 0 fully saturated rings. The summed E-state index contributed by atoms with van der Waals surface area (Å²) in [5.74, 6) is 0.761. The first-order chi connectivity index (χ1) is 9.61. The van der Waals surface area contributed by atoms with Crippen molar-refractivity contribution >= 4 is 46.6 Å². The Morgan fingerprint density at radius 2 is 1.90 bits per heavy atom. The molecule has 1 amide bonds. The van der Waals surface area contributed by atoms with E-state index < -0.39 is 0 Å². The van der Waals surface area contributed by atoms with Crippen molar-refractivity contribution in [3.63, 3.8) is 0 Å². The summed E-state index contributed by atoms with van der Waals surface area (Å²) >= 11 is 13.4. The number of anilines is 1. The molecule has 1 N–H and O–H groups in total. The van der Waals surface area contributed by atoms with Crippen molar-refractivity contribution in [2.24, 2.45) is 0 Å². The fourth-order valence-electron chi connectivity index (χ4n) is 1.71. The van der Waals surface area contributed by atoms with Gasteiger partial charge < -0.3 is 5.32 Å². The fraction of sp³-hybridized carbons (Fsp3) is 0.133. The lowest BCUT2D eigenvalue weighted by Gasteiger charge is -2.09. The third kappa shape index (κ3) is 3.69. The van der Waals surface area contributed by atoms with Crippen LogP contribution < -0.4 is 5.32 Å². The minimum Gasteiger partial charge on any atom is -0.322 e. The van der Waals surface area contributed by atoms with Crippen LogP contribution in [0.4, 0.5) is 5.69 Å². The van der Waals surface area contributed by atoms with Crippen molar-refractivity contribution in [3.8, 4) is 0 Å². The average Bonchev–Trinajstić information content (AvgIpc) is 2.44. The molecule has 0 saturated carbocycles. The molecule has 0 aliphatic rings. The number of thioether (sulfide) groups is 1. The van der Waals surface area contributed by atoms with E-state index in [0.29, 0.717) is 21.3 Å². The zero-order valence-electron chi connectivity index (χ0n) is 10.8. The van der Waals surface area contributed by atoms with Crippen molar-refractivity contribution in [1.82, 2.24) is 0 Å². The third-order valence-corrected chi connectivity index (χ3v) is 4.30. The van der Waals surface area contributed by atoms with Gasteiger partial charge in [-0.25, -0.2) is 0 Å². The molecule has 0 aromatic heterocycles. The largest absolute Gasteiger partial charge is 0.322 e. The number of hydrogen-bond donors (Lipinski definition) is 1. The van der Waals surface area contributed by atoms with Crippen LogP contribution in [0, 0.1) is 0 Å². The second kappa shape index (κ2) is 7.02. The zero-order chi connectivity index (χ0) is 14.5. The van der Waals surface area contributed by atoms with Crippen LogP contribution in [0.3, 0.4) is 0 Å². The highest BCUT2D eigenvalue weighted by atomic mass is 35.5. The molecule has 0 aliphatic carbocycles. The number of carbonyl (C=O) groups is 1. The monoisotopic (exact) mass is 325 g/mol. The first-order valence-electron chi connectivity index (χ1n) is 6.10. The van der Waals surface area contributed by atoms with Crippen LogP contribution in [0.25, 0.3) is 0 Å². The molecule has 20 heavy (non-hydrogen) atoms. The van der Waals surface area contributed by atoms with Crippen LogP contribution in [-0.2, 0) is 0 Å². The second-order valence-corrected chi connectivity index (χ2v) is 6.13. The maximum atomic E-state index is 12.3. The summed E-state index contributed by atoms with van der Waals surface area (Å²) in [5, 5.41) is 3.71. The Labute approximate surface area is 132 Å². The van der Waals surface area contributed by atoms with Gasteiger partial charge in [0, 0.05) is 10.6 Å². The maximum absolute atomic E-state index is 12.3. The molecule has 0 heterocycles. The minimum absolute atomic E-state index is 0.153. The van der Waals surface area contributed by atoms with E-state index in [1.165, 1.54) is 0 Å². The third-order valence-electron chi connectivity index (χ3n) is 2.61. The summed E-state index contributed by atoms with van der Waals surface area (Å²) in [6.07, 6.45) is 0. The molecule has 0 radical (unpaired) electrons. The normalized spacial score (nSPS) is 10.3. The van der Waals surface area contributed by atoms with Crippen molar-refractivity contribution < 1.29 is 4.79 Å². The summed E-state index contributed by atoms with van der Waals surface area (Å²) in [6, 6.07) is 12.5. The van der Waals surface area contributed by atoms with Gasteiger partial charge in [-0.05, 0) is 36.1 Å². The first kappa shape index (κ1) is 15.2. The summed E-state index contributed by atoms with van der Waals surface area (Å²) in [6.45, 7) is 2.05. The zero-order valence-corrected chi connectivity index (χ0v) is 13.1. The smallest absolute Gasteiger partial charge is 0.256 e. The number of amides is 1. The molecule has 2 aromatic rings. The van der Waals surface area contributed by atoms with Crippen LogP contribution in [0.1, 0.15) is 17.3 Å². The number of benzene rings is 2. The van der Waals surface area contributed by atoms with Crippen LogP contribution in [-0.4, -0.2) is 11.7 Å². The standard InChI is InChI=1S/C15H13Cl2NOS/c1-2-20-14-6-4-3-5-11(14)15(19)18-10-7-8-12(16)13(17)9-10/h3-9H,2H2,1H3,(H,18,19). The molecule has 2 rings (SSSR count). The van der Waals surface area contributed by atoms with E-state index in [9.17, 15) is 4.79 Å². The van der Waals surface area contributed by atoms with Gasteiger partial charge in [0.05, 0.1) is 15.6 Å². The van der Waals surface area contributed by atoms with E-state index in [4.69, 9.17) is 23.2 Å². The van der Waals surface area contributed by atoms with Gasteiger partial charge in [0.25, 0.3) is 5.91 Å². The van der Waals surface area contributed by atoms with Gasteiger partial charge in [0.15, 0.2) is 0 Å². The van der Waals surface area contributed by atoms with Crippen LogP contribution in [0.15, 0.2) is 47.4 Å². The maximum Gasteiger partial charge on any atom is 0.256 e. The van der Waals surface area contributed by atoms with Crippen molar-refractivity contribution in [2.75, 3.05) is 11.1 Å². The predicted octanol–water partition coefficient (Wildman–Crippen LogP) is 5.36. The summed E-state index contributed by atoms with van der Waals surface area (Å²) in [7, 11) is 0. The summed E-state index contributed by atoms with van der Waals surface area (Å²) in [4.78, 5) is 13.3. The molecule has 104 valence electrons. The van der Waals surface area contributed by atoms with Gasteiger partial charge in [0.2, 0.25) is 0 Å². The average molecular weight is 326 g/mol. The van der Waals surface area contributed by atoms with Gasteiger partial charge in [-0.15, -0.1) is 11.8 Å². The molecule has 0 spiro atoms. The first-order valence-corrected chi connectivity index (χ1v) is 7.84. The number of nitrogens with one attached hydrogen (secondary N) is 1. The van der Waals surface area contributed by atoms with Crippen LogP contribution in [0.2, 0.25) is 10.0 Å². The quantitative estimate of drug-likeness (QED) is 0.767. The van der Waals surface area contributed by atoms with Crippen molar-refractivity contribution in [2.45, 2.75) is 11.8 Å². The lowest BCUT2D eigenvalue weighted by atomic mass is 10.2. The van der Waals surface area contributed by atoms with Gasteiger partial charge in [-0.1, -0.05) is 42.3 Å². The molecule has 2 aromatic carbocycles. The van der Waals surface area contributed by atoms with Crippen LogP contribution in [0.5, 0.6) is 0 Å². The van der Waals surface area contributed by atoms with Gasteiger partial charge in [0.1, 0.15) is 0 Å². The summed E-state index contributed by atoms with van der Waals surface area (Å²) < 4.78 is 0. The Balaban J connectivity index is 2.21. The highest BCUT2D eigenvalue weighted by Gasteiger charge is 2.11. The fourth-order valence-corrected chi connectivity index (χ4v) is 2.81. The van der Waals surface area contributed by atoms with E-state index in [2.05, 4.69) is 12.2 Å². The molecule has 0 saturated heterocycles. The number of carbonyl (C=O) groups excluding carboxylic acids is 1. The molecular weight excluding hydrogens is 313 g/mol. The van der Waals surface area contributed by atoms with E-state index >= 15 is 0 Å².